The molecule has 4 rings (SSSR count). The van der Waals surface area contributed by atoms with Gasteiger partial charge in [0.1, 0.15) is 5.78 Å². The minimum atomic E-state index is -0.0574. The van der Waals surface area contributed by atoms with Crippen LogP contribution in [0.4, 0.5) is 0 Å². The van der Waals surface area contributed by atoms with Crippen molar-refractivity contribution in [2.24, 2.45) is 5.41 Å². The van der Waals surface area contributed by atoms with Gasteiger partial charge in [-0.3, -0.25) is 4.79 Å². The number of benzene rings is 1. The van der Waals surface area contributed by atoms with E-state index in [4.69, 9.17) is 0 Å². The van der Waals surface area contributed by atoms with Gasteiger partial charge >= 0.3 is 0 Å². The van der Waals surface area contributed by atoms with Crippen LogP contribution in [0.25, 0.3) is 0 Å². The van der Waals surface area contributed by atoms with Gasteiger partial charge in [-0.1, -0.05) is 42.3 Å². The molecule has 20 heavy (non-hydrogen) atoms. The Bertz CT molecular complexity index is 610. The number of hydrogen-bond acceptors (Lipinski definition) is 1. The molecule has 0 N–H and O–H groups in total. The monoisotopic (exact) mass is 266 g/mol. The molecule has 1 aromatic rings. The molecular formula is C19H22O. The van der Waals surface area contributed by atoms with E-state index in [-0.39, 0.29) is 5.41 Å². The van der Waals surface area contributed by atoms with Crippen LogP contribution in [0, 0.1) is 5.41 Å². The number of carbonyl (C=O) groups excluding carboxylic acids is 1. The van der Waals surface area contributed by atoms with Crippen molar-refractivity contribution in [1.82, 2.24) is 0 Å². The van der Waals surface area contributed by atoms with Crippen LogP contribution in [0.1, 0.15) is 62.5 Å². The molecule has 1 fully saturated rings. The Labute approximate surface area is 121 Å². The third-order valence-electron chi connectivity index (χ3n) is 6.08. The van der Waals surface area contributed by atoms with Gasteiger partial charge in [0, 0.05) is 17.8 Å². The molecule has 1 aromatic carbocycles. The lowest BCUT2D eigenvalue weighted by molar-refractivity contribution is -0.125. The first-order valence-corrected chi connectivity index (χ1v) is 8.10. The molecule has 1 nitrogen and oxygen atoms in total. The molecule has 0 aromatic heterocycles. The molecule has 0 heterocycles. The van der Waals surface area contributed by atoms with Gasteiger partial charge in [-0.05, 0) is 49.7 Å². The Morgan fingerprint density at radius 2 is 2.00 bits per heavy atom. The molecular weight excluding hydrogens is 244 g/mol. The van der Waals surface area contributed by atoms with Crippen molar-refractivity contribution in [3.05, 3.63) is 46.5 Å². The SMILES string of the molecule is CC[C@]12CC[C@H]3C(=C1CCC2=O)CCc1ccccc13. The fourth-order valence-electron chi connectivity index (χ4n) is 5.05. The summed E-state index contributed by atoms with van der Waals surface area (Å²) in [5, 5.41) is 0. The summed E-state index contributed by atoms with van der Waals surface area (Å²) in [5.74, 6) is 1.14. The summed E-state index contributed by atoms with van der Waals surface area (Å²) < 4.78 is 0. The van der Waals surface area contributed by atoms with Crippen LogP contribution in [0.15, 0.2) is 35.4 Å². The van der Waals surface area contributed by atoms with Crippen molar-refractivity contribution in [3.63, 3.8) is 0 Å². The first-order chi connectivity index (χ1) is 9.76. The van der Waals surface area contributed by atoms with Crippen LogP contribution in [0.2, 0.25) is 0 Å². The summed E-state index contributed by atoms with van der Waals surface area (Å²) >= 11 is 0. The van der Waals surface area contributed by atoms with E-state index in [1.54, 1.807) is 16.7 Å². The van der Waals surface area contributed by atoms with Crippen molar-refractivity contribution in [1.29, 1.82) is 0 Å². The number of allylic oxidation sites excluding steroid dienone is 2. The van der Waals surface area contributed by atoms with E-state index >= 15 is 0 Å². The first kappa shape index (κ1) is 12.4. The summed E-state index contributed by atoms with van der Waals surface area (Å²) in [5.41, 5.74) is 6.22. The third kappa shape index (κ3) is 1.47. The lowest BCUT2D eigenvalue weighted by Gasteiger charge is -2.41. The lowest BCUT2D eigenvalue weighted by atomic mass is 9.62. The Kier molecular flexibility index (Phi) is 2.67. The standard InChI is InChI=1S/C19H22O/c1-2-19-12-11-15-14-6-4-3-5-13(14)7-8-16(15)17(19)9-10-18(19)20/h3-6,15H,2,7-12H2,1H3/t15-,19+/m1/s1. The summed E-state index contributed by atoms with van der Waals surface area (Å²) in [6, 6.07) is 8.94. The van der Waals surface area contributed by atoms with E-state index in [0.29, 0.717) is 11.7 Å². The van der Waals surface area contributed by atoms with Crippen molar-refractivity contribution in [2.45, 2.75) is 57.8 Å². The maximum Gasteiger partial charge on any atom is 0.143 e. The molecule has 0 aliphatic heterocycles. The lowest BCUT2D eigenvalue weighted by Crippen LogP contribution is -2.33. The van der Waals surface area contributed by atoms with E-state index in [1.165, 1.54) is 24.8 Å². The van der Waals surface area contributed by atoms with Crippen molar-refractivity contribution in [2.75, 3.05) is 0 Å². The van der Waals surface area contributed by atoms with Gasteiger partial charge in [0.15, 0.2) is 0 Å². The minimum absolute atomic E-state index is 0.0574. The zero-order valence-electron chi connectivity index (χ0n) is 12.2. The molecule has 0 spiro atoms. The Morgan fingerprint density at radius 1 is 1.15 bits per heavy atom. The van der Waals surface area contributed by atoms with Crippen LogP contribution in [-0.2, 0) is 11.2 Å². The van der Waals surface area contributed by atoms with Gasteiger partial charge in [-0.15, -0.1) is 0 Å². The molecule has 0 unspecified atom stereocenters. The highest BCUT2D eigenvalue weighted by molar-refractivity contribution is 5.92. The fourth-order valence-corrected chi connectivity index (χ4v) is 5.05. The molecule has 0 amide bonds. The molecule has 104 valence electrons. The molecule has 1 saturated carbocycles. The Balaban J connectivity index is 1.87. The van der Waals surface area contributed by atoms with Crippen molar-refractivity contribution >= 4 is 5.78 Å². The predicted molar refractivity (Wildman–Crippen MR) is 80.7 cm³/mol. The summed E-state index contributed by atoms with van der Waals surface area (Å²) in [6.45, 7) is 2.21. The van der Waals surface area contributed by atoms with Crippen LogP contribution in [0.5, 0.6) is 0 Å². The normalized spacial score (nSPS) is 31.9. The highest BCUT2D eigenvalue weighted by Gasteiger charge is 2.49. The smallest absolute Gasteiger partial charge is 0.143 e. The second-order valence-electron chi connectivity index (χ2n) is 6.65. The molecule has 3 aliphatic rings. The Morgan fingerprint density at radius 3 is 2.85 bits per heavy atom. The minimum Gasteiger partial charge on any atom is -0.299 e. The number of fused-ring (bicyclic) bond motifs is 4. The van der Waals surface area contributed by atoms with E-state index < -0.39 is 0 Å². The number of rotatable bonds is 1. The molecule has 1 heteroatoms. The van der Waals surface area contributed by atoms with Crippen LogP contribution >= 0.6 is 0 Å². The van der Waals surface area contributed by atoms with E-state index in [0.717, 1.165) is 25.7 Å². The van der Waals surface area contributed by atoms with Crippen LogP contribution < -0.4 is 0 Å². The zero-order chi connectivity index (χ0) is 13.7. The number of aryl methyl sites for hydroxylation is 1. The number of carbonyl (C=O) groups is 1. The second kappa shape index (κ2) is 4.31. The average molecular weight is 266 g/mol. The van der Waals surface area contributed by atoms with Crippen LogP contribution in [-0.4, -0.2) is 5.78 Å². The summed E-state index contributed by atoms with van der Waals surface area (Å²) in [7, 11) is 0. The maximum atomic E-state index is 12.4. The average Bonchev–Trinajstić information content (AvgIpc) is 2.85. The topological polar surface area (TPSA) is 17.1 Å². The van der Waals surface area contributed by atoms with Crippen molar-refractivity contribution < 1.29 is 4.79 Å². The van der Waals surface area contributed by atoms with Gasteiger partial charge in [0.25, 0.3) is 0 Å². The first-order valence-electron chi connectivity index (χ1n) is 8.10. The quantitative estimate of drug-likeness (QED) is 0.681. The molecule has 2 atom stereocenters. The third-order valence-corrected chi connectivity index (χ3v) is 6.08. The van der Waals surface area contributed by atoms with Crippen molar-refractivity contribution in [3.8, 4) is 0 Å². The van der Waals surface area contributed by atoms with E-state index in [1.807, 2.05) is 0 Å². The number of ketones is 1. The molecule has 0 saturated heterocycles. The molecule has 3 aliphatic carbocycles. The second-order valence-corrected chi connectivity index (χ2v) is 6.65. The summed E-state index contributed by atoms with van der Waals surface area (Å²) in [6.07, 6.45) is 7.46. The summed E-state index contributed by atoms with van der Waals surface area (Å²) in [4.78, 5) is 12.4. The van der Waals surface area contributed by atoms with Crippen LogP contribution in [0.3, 0.4) is 0 Å². The van der Waals surface area contributed by atoms with E-state index in [9.17, 15) is 4.79 Å². The number of hydrogen-bond donors (Lipinski definition) is 0. The molecule has 0 bridgehead atoms. The van der Waals surface area contributed by atoms with Gasteiger partial charge in [-0.25, -0.2) is 0 Å². The fraction of sp³-hybridized carbons (Fsp3) is 0.526. The Hall–Kier alpha value is -1.37. The highest BCUT2D eigenvalue weighted by Crippen LogP contribution is 2.57. The largest absolute Gasteiger partial charge is 0.299 e. The maximum absolute atomic E-state index is 12.4. The van der Waals surface area contributed by atoms with Gasteiger partial charge in [-0.2, -0.15) is 0 Å². The van der Waals surface area contributed by atoms with Gasteiger partial charge < -0.3 is 0 Å². The number of Topliss-reactive ketones (excluding diaryl/α,β-unsaturated/α-hetero) is 1. The highest BCUT2D eigenvalue weighted by atomic mass is 16.1. The molecule has 0 radical (unpaired) electrons. The predicted octanol–water partition coefficient (Wildman–Crippen LogP) is 4.57. The zero-order valence-corrected chi connectivity index (χ0v) is 12.2. The van der Waals surface area contributed by atoms with E-state index in [2.05, 4.69) is 31.2 Å². The van der Waals surface area contributed by atoms with Gasteiger partial charge in [0.2, 0.25) is 0 Å². The van der Waals surface area contributed by atoms with Gasteiger partial charge in [0.05, 0.1) is 0 Å².